The zero-order chi connectivity index (χ0) is 15.0. The van der Waals surface area contributed by atoms with Crippen molar-refractivity contribution in [3.63, 3.8) is 0 Å². The molecule has 0 spiro atoms. The second kappa shape index (κ2) is 5.41. The molecule has 3 rings (SSSR count). The number of aryl methyl sites for hydroxylation is 1. The average Bonchev–Trinajstić information content (AvgIpc) is 2.89. The molecule has 4 heteroatoms. The Balaban J connectivity index is 2.12. The third-order valence-corrected chi connectivity index (χ3v) is 4.94. The van der Waals surface area contributed by atoms with Crippen molar-refractivity contribution in [3.8, 4) is 0 Å². The summed E-state index contributed by atoms with van der Waals surface area (Å²) in [6.07, 6.45) is 2.41. The first kappa shape index (κ1) is 14.5. The van der Waals surface area contributed by atoms with Crippen molar-refractivity contribution >= 4 is 11.0 Å². The fourth-order valence-corrected chi connectivity index (χ4v) is 3.58. The SMILES string of the molecule is CCn1c(C(C)(C)C2CCCNC2)nc2c(F)cccc21. The van der Waals surface area contributed by atoms with E-state index in [1.165, 1.54) is 18.9 Å². The van der Waals surface area contributed by atoms with Crippen molar-refractivity contribution in [2.45, 2.75) is 45.6 Å². The van der Waals surface area contributed by atoms with E-state index >= 15 is 0 Å². The van der Waals surface area contributed by atoms with Crippen LogP contribution >= 0.6 is 0 Å². The Morgan fingerprint density at radius 2 is 2.24 bits per heavy atom. The van der Waals surface area contributed by atoms with E-state index in [2.05, 4.69) is 30.7 Å². The van der Waals surface area contributed by atoms with Gasteiger partial charge < -0.3 is 9.88 Å². The summed E-state index contributed by atoms with van der Waals surface area (Å²) in [5.41, 5.74) is 1.35. The van der Waals surface area contributed by atoms with Crippen LogP contribution in [0.1, 0.15) is 39.4 Å². The fourth-order valence-electron chi connectivity index (χ4n) is 3.58. The Kier molecular flexibility index (Phi) is 3.74. The molecule has 2 heterocycles. The molecule has 1 N–H and O–H groups in total. The molecule has 1 fully saturated rings. The number of aromatic nitrogens is 2. The van der Waals surface area contributed by atoms with Gasteiger partial charge in [0.2, 0.25) is 0 Å². The Hall–Kier alpha value is -1.42. The fraction of sp³-hybridized carbons (Fsp3) is 0.588. The Labute approximate surface area is 125 Å². The van der Waals surface area contributed by atoms with Crippen LogP contribution in [0.2, 0.25) is 0 Å². The summed E-state index contributed by atoms with van der Waals surface area (Å²) in [6, 6.07) is 5.23. The van der Waals surface area contributed by atoms with Crippen LogP contribution in [0.4, 0.5) is 4.39 Å². The highest BCUT2D eigenvalue weighted by atomic mass is 19.1. The van der Waals surface area contributed by atoms with E-state index in [-0.39, 0.29) is 11.2 Å². The number of rotatable bonds is 3. The van der Waals surface area contributed by atoms with Crippen LogP contribution in [-0.2, 0) is 12.0 Å². The van der Waals surface area contributed by atoms with Crippen LogP contribution in [0.5, 0.6) is 0 Å². The van der Waals surface area contributed by atoms with Gasteiger partial charge in [0, 0.05) is 12.0 Å². The first-order valence-electron chi connectivity index (χ1n) is 7.91. The highest BCUT2D eigenvalue weighted by Crippen LogP contribution is 2.36. The number of para-hydroxylation sites is 1. The molecule has 0 aliphatic carbocycles. The minimum atomic E-state index is -0.224. The van der Waals surface area contributed by atoms with Crippen LogP contribution in [-0.4, -0.2) is 22.6 Å². The van der Waals surface area contributed by atoms with Gasteiger partial charge in [0.05, 0.1) is 5.52 Å². The summed E-state index contributed by atoms with van der Waals surface area (Å²) in [4.78, 5) is 4.69. The van der Waals surface area contributed by atoms with Gasteiger partial charge in [0.15, 0.2) is 5.82 Å². The van der Waals surface area contributed by atoms with Crippen LogP contribution < -0.4 is 5.32 Å². The second-order valence-corrected chi connectivity index (χ2v) is 6.55. The molecule has 1 unspecified atom stereocenters. The molecule has 3 nitrogen and oxygen atoms in total. The van der Waals surface area contributed by atoms with Gasteiger partial charge in [0.25, 0.3) is 0 Å². The van der Waals surface area contributed by atoms with Gasteiger partial charge in [-0.05, 0) is 50.9 Å². The standard InChI is InChI=1S/C17H24FN3/c1-4-21-14-9-5-8-13(18)15(14)20-16(21)17(2,3)12-7-6-10-19-11-12/h5,8-9,12,19H,4,6-7,10-11H2,1-3H3. The van der Waals surface area contributed by atoms with Gasteiger partial charge in [-0.2, -0.15) is 0 Å². The summed E-state index contributed by atoms with van der Waals surface area (Å²) in [6.45, 7) is 9.53. The van der Waals surface area contributed by atoms with E-state index in [1.807, 2.05) is 6.07 Å². The number of hydrogen-bond donors (Lipinski definition) is 1. The third-order valence-electron chi connectivity index (χ3n) is 4.94. The summed E-state index contributed by atoms with van der Waals surface area (Å²) >= 11 is 0. The summed E-state index contributed by atoms with van der Waals surface area (Å²) in [7, 11) is 0. The van der Waals surface area contributed by atoms with Gasteiger partial charge in [-0.25, -0.2) is 9.37 Å². The zero-order valence-corrected chi connectivity index (χ0v) is 13.1. The molecule has 21 heavy (non-hydrogen) atoms. The van der Waals surface area contributed by atoms with Crippen LogP contribution in [0.3, 0.4) is 0 Å². The van der Waals surface area contributed by atoms with Crippen molar-refractivity contribution < 1.29 is 4.39 Å². The minimum Gasteiger partial charge on any atom is -0.328 e. The lowest BCUT2D eigenvalue weighted by molar-refractivity contribution is 0.237. The number of benzene rings is 1. The Morgan fingerprint density at radius 3 is 2.90 bits per heavy atom. The van der Waals surface area contributed by atoms with Crippen molar-refractivity contribution in [3.05, 3.63) is 29.8 Å². The summed E-state index contributed by atoms with van der Waals surface area (Å²) < 4.78 is 16.2. The van der Waals surface area contributed by atoms with E-state index in [0.717, 1.165) is 31.0 Å². The van der Waals surface area contributed by atoms with E-state index < -0.39 is 0 Å². The molecule has 0 bridgehead atoms. The van der Waals surface area contributed by atoms with E-state index in [9.17, 15) is 4.39 Å². The molecule has 0 radical (unpaired) electrons. The maximum absolute atomic E-state index is 14.1. The number of nitrogens with zero attached hydrogens (tertiary/aromatic N) is 2. The van der Waals surface area contributed by atoms with Gasteiger partial charge >= 0.3 is 0 Å². The lowest BCUT2D eigenvalue weighted by Gasteiger charge is -2.37. The summed E-state index contributed by atoms with van der Waals surface area (Å²) in [5, 5.41) is 3.48. The van der Waals surface area contributed by atoms with Gasteiger partial charge in [-0.15, -0.1) is 0 Å². The second-order valence-electron chi connectivity index (χ2n) is 6.55. The summed E-state index contributed by atoms with van der Waals surface area (Å²) in [5.74, 6) is 1.33. The van der Waals surface area contributed by atoms with Crippen molar-refractivity contribution in [1.29, 1.82) is 0 Å². The van der Waals surface area contributed by atoms with Gasteiger partial charge in [-0.1, -0.05) is 19.9 Å². The van der Waals surface area contributed by atoms with E-state index in [1.54, 1.807) is 6.07 Å². The number of fused-ring (bicyclic) bond motifs is 1. The molecule has 1 aliphatic heterocycles. The van der Waals surface area contributed by atoms with Crippen molar-refractivity contribution in [2.24, 2.45) is 5.92 Å². The predicted octanol–water partition coefficient (Wildman–Crippen LogP) is 3.47. The normalized spacial score (nSPS) is 20.1. The maximum Gasteiger partial charge on any atom is 0.151 e. The lowest BCUT2D eigenvalue weighted by Crippen LogP contribution is -2.42. The molecule has 1 aromatic carbocycles. The van der Waals surface area contributed by atoms with Crippen LogP contribution in [0, 0.1) is 11.7 Å². The molecule has 2 aromatic rings. The smallest absolute Gasteiger partial charge is 0.151 e. The molecule has 0 amide bonds. The number of piperidine rings is 1. The molecule has 0 saturated carbocycles. The topological polar surface area (TPSA) is 29.9 Å². The lowest BCUT2D eigenvalue weighted by atomic mass is 9.74. The molecule has 114 valence electrons. The van der Waals surface area contributed by atoms with Gasteiger partial charge in [0.1, 0.15) is 11.3 Å². The Bertz CT molecular complexity index is 639. The molecule has 1 saturated heterocycles. The highest BCUT2D eigenvalue weighted by molar-refractivity contribution is 5.77. The monoisotopic (exact) mass is 289 g/mol. The van der Waals surface area contributed by atoms with Crippen LogP contribution in [0.25, 0.3) is 11.0 Å². The van der Waals surface area contributed by atoms with Crippen LogP contribution in [0.15, 0.2) is 18.2 Å². The van der Waals surface area contributed by atoms with Crippen molar-refractivity contribution in [2.75, 3.05) is 13.1 Å². The average molecular weight is 289 g/mol. The number of nitrogens with one attached hydrogen (secondary N) is 1. The van der Waals surface area contributed by atoms with E-state index in [0.29, 0.717) is 11.4 Å². The third kappa shape index (κ3) is 2.35. The van der Waals surface area contributed by atoms with E-state index in [4.69, 9.17) is 4.98 Å². The molecular formula is C17H24FN3. The molecule has 1 aromatic heterocycles. The largest absolute Gasteiger partial charge is 0.328 e. The number of hydrogen-bond acceptors (Lipinski definition) is 2. The molecule has 1 atom stereocenters. The quantitative estimate of drug-likeness (QED) is 0.937. The van der Waals surface area contributed by atoms with Crippen molar-refractivity contribution in [1.82, 2.24) is 14.9 Å². The molecular weight excluding hydrogens is 265 g/mol. The zero-order valence-electron chi connectivity index (χ0n) is 13.1. The first-order valence-corrected chi connectivity index (χ1v) is 7.91. The molecule has 1 aliphatic rings. The highest BCUT2D eigenvalue weighted by Gasteiger charge is 2.36. The van der Waals surface area contributed by atoms with Gasteiger partial charge in [-0.3, -0.25) is 0 Å². The number of imidazole rings is 1. The number of halogens is 1. The first-order chi connectivity index (χ1) is 10.1. The Morgan fingerprint density at radius 1 is 1.43 bits per heavy atom. The minimum absolute atomic E-state index is 0.0606. The maximum atomic E-state index is 14.1. The predicted molar refractivity (Wildman–Crippen MR) is 84.0 cm³/mol.